The van der Waals surface area contributed by atoms with Gasteiger partial charge in [0.05, 0.1) is 5.02 Å². The maximum Gasteiger partial charge on any atom is 0.178 e. The van der Waals surface area contributed by atoms with Gasteiger partial charge in [-0.3, -0.25) is 0 Å². The van der Waals surface area contributed by atoms with Crippen LogP contribution in [0.1, 0.15) is 5.56 Å². The molecule has 2 N–H and O–H groups in total. The topological polar surface area (TPSA) is 51.8 Å². The van der Waals surface area contributed by atoms with Crippen LogP contribution in [0, 0.1) is 0 Å². The molecule has 84 valence electrons. The largest absolute Gasteiger partial charge is 0.330 e. The van der Waals surface area contributed by atoms with Crippen molar-refractivity contribution >= 4 is 34.7 Å². The molecule has 0 amide bonds. The van der Waals surface area contributed by atoms with Gasteiger partial charge in [0.25, 0.3) is 0 Å². The summed E-state index contributed by atoms with van der Waals surface area (Å²) in [4.78, 5) is 1.03. The van der Waals surface area contributed by atoms with Crippen LogP contribution in [0.4, 0.5) is 0 Å². The molecule has 0 atom stereocenters. The average molecular weight is 272 g/mol. The van der Waals surface area contributed by atoms with Gasteiger partial charge in [-0.15, -0.1) is 10.2 Å². The lowest BCUT2D eigenvalue weighted by molar-refractivity contribution is 0.943. The molecule has 2 aromatic rings. The number of benzene rings is 1. The van der Waals surface area contributed by atoms with Crippen LogP contribution in [0.5, 0.6) is 0 Å². The van der Waals surface area contributed by atoms with E-state index in [-0.39, 0.29) is 0 Å². The van der Waals surface area contributed by atoms with Crippen molar-refractivity contribution in [3.05, 3.63) is 34.3 Å². The lowest BCUT2D eigenvalue weighted by Crippen LogP contribution is -2.03. The molecule has 16 heavy (non-hydrogen) atoms. The van der Waals surface area contributed by atoms with Gasteiger partial charge in [0.2, 0.25) is 0 Å². The Morgan fingerprint density at radius 3 is 3.00 bits per heavy atom. The highest BCUT2D eigenvalue weighted by Crippen LogP contribution is 2.36. The Morgan fingerprint density at radius 1 is 1.44 bits per heavy atom. The Hall–Kier alpha value is -0.620. The Bertz CT molecular complexity index is 459. The Labute approximate surface area is 107 Å². The molecule has 1 aromatic heterocycles. The van der Waals surface area contributed by atoms with Crippen LogP contribution in [0.3, 0.4) is 0 Å². The molecule has 3 nitrogen and oxygen atoms in total. The fraction of sp³-hybridized carbons (Fsp3) is 0.200. The van der Waals surface area contributed by atoms with Gasteiger partial charge < -0.3 is 5.73 Å². The summed E-state index contributed by atoms with van der Waals surface area (Å²) in [5.74, 6) is 0. The van der Waals surface area contributed by atoms with E-state index in [4.69, 9.17) is 17.3 Å². The molecule has 0 fully saturated rings. The van der Waals surface area contributed by atoms with Crippen LogP contribution in [-0.2, 0) is 6.42 Å². The van der Waals surface area contributed by atoms with Gasteiger partial charge in [0, 0.05) is 4.90 Å². The van der Waals surface area contributed by atoms with Crippen LogP contribution in [0.15, 0.2) is 32.9 Å². The molecule has 0 aliphatic rings. The van der Waals surface area contributed by atoms with Crippen molar-refractivity contribution in [3.8, 4) is 0 Å². The molecule has 6 heteroatoms. The van der Waals surface area contributed by atoms with Gasteiger partial charge in [-0.2, -0.15) is 0 Å². The van der Waals surface area contributed by atoms with Gasteiger partial charge >= 0.3 is 0 Å². The van der Waals surface area contributed by atoms with Gasteiger partial charge in [0.1, 0.15) is 5.51 Å². The third-order valence-corrected chi connectivity index (χ3v) is 4.38. The first-order valence-electron chi connectivity index (χ1n) is 4.72. The molecule has 0 aliphatic heterocycles. The molecule has 0 bridgehead atoms. The average Bonchev–Trinajstić information content (AvgIpc) is 2.76. The van der Waals surface area contributed by atoms with Crippen molar-refractivity contribution in [2.24, 2.45) is 5.73 Å². The summed E-state index contributed by atoms with van der Waals surface area (Å²) in [6, 6.07) is 5.87. The van der Waals surface area contributed by atoms with Gasteiger partial charge in [-0.05, 0) is 24.6 Å². The molecule has 1 aromatic carbocycles. The maximum absolute atomic E-state index is 6.18. The third-order valence-electron chi connectivity index (χ3n) is 1.99. The number of hydrogen-bond acceptors (Lipinski definition) is 5. The van der Waals surface area contributed by atoms with E-state index in [2.05, 4.69) is 10.2 Å². The predicted octanol–water partition coefficient (Wildman–Crippen LogP) is 2.84. The van der Waals surface area contributed by atoms with E-state index in [0.29, 0.717) is 6.54 Å². The highest BCUT2D eigenvalue weighted by Gasteiger charge is 2.10. The second kappa shape index (κ2) is 5.63. The molecule has 0 aliphatic carbocycles. The first-order valence-corrected chi connectivity index (χ1v) is 6.80. The zero-order chi connectivity index (χ0) is 11.4. The zero-order valence-corrected chi connectivity index (χ0v) is 10.8. The minimum atomic E-state index is 0.615. The zero-order valence-electron chi connectivity index (χ0n) is 8.39. The normalized spacial score (nSPS) is 10.6. The number of halogens is 1. The Kier molecular flexibility index (Phi) is 4.17. The summed E-state index contributed by atoms with van der Waals surface area (Å²) in [5.41, 5.74) is 8.45. The van der Waals surface area contributed by atoms with E-state index in [0.717, 1.165) is 26.2 Å². The fourth-order valence-corrected chi connectivity index (χ4v) is 3.20. The molecule has 0 saturated heterocycles. The summed E-state index contributed by atoms with van der Waals surface area (Å²) >= 11 is 9.23. The lowest BCUT2D eigenvalue weighted by Gasteiger charge is -2.08. The monoisotopic (exact) mass is 271 g/mol. The number of nitrogens with zero attached hydrogens (tertiary/aromatic N) is 2. The third kappa shape index (κ3) is 2.74. The van der Waals surface area contributed by atoms with E-state index in [1.165, 1.54) is 11.3 Å². The van der Waals surface area contributed by atoms with E-state index < -0.39 is 0 Å². The van der Waals surface area contributed by atoms with E-state index in [1.807, 2.05) is 18.2 Å². The number of aromatic nitrogens is 2. The second-order valence-electron chi connectivity index (χ2n) is 3.07. The Balaban J connectivity index is 2.30. The number of rotatable bonds is 4. The van der Waals surface area contributed by atoms with Crippen molar-refractivity contribution in [2.45, 2.75) is 15.7 Å². The SMILES string of the molecule is NCCc1cccc(Cl)c1Sc1nncs1. The molecule has 1 heterocycles. The van der Waals surface area contributed by atoms with Gasteiger partial charge in [-0.1, -0.05) is 46.8 Å². The molecule has 0 unspecified atom stereocenters. The standard InChI is InChI=1S/C10H10ClN3S2/c11-8-3-1-2-7(4-5-12)9(8)16-10-14-13-6-15-10/h1-3,6H,4-5,12H2. The summed E-state index contributed by atoms with van der Waals surface area (Å²) in [6.45, 7) is 0.615. The highest BCUT2D eigenvalue weighted by atomic mass is 35.5. The molecule has 2 rings (SSSR count). The Morgan fingerprint density at radius 2 is 2.31 bits per heavy atom. The smallest absolute Gasteiger partial charge is 0.178 e. The summed E-state index contributed by atoms with van der Waals surface area (Å²) < 4.78 is 0.895. The summed E-state index contributed by atoms with van der Waals surface area (Å²) in [5, 5.41) is 8.54. The fourth-order valence-electron chi connectivity index (χ4n) is 1.31. The van der Waals surface area contributed by atoms with Crippen molar-refractivity contribution < 1.29 is 0 Å². The van der Waals surface area contributed by atoms with E-state index in [1.54, 1.807) is 17.3 Å². The van der Waals surface area contributed by atoms with Crippen LogP contribution in [0.2, 0.25) is 5.02 Å². The second-order valence-corrected chi connectivity index (χ2v) is 5.57. The van der Waals surface area contributed by atoms with E-state index >= 15 is 0 Å². The minimum Gasteiger partial charge on any atom is -0.330 e. The molecule has 0 spiro atoms. The van der Waals surface area contributed by atoms with Crippen molar-refractivity contribution in [3.63, 3.8) is 0 Å². The van der Waals surface area contributed by atoms with Crippen molar-refractivity contribution in [1.82, 2.24) is 10.2 Å². The van der Waals surface area contributed by atoms with Gasteiger partial charge in [-0.25, -0.2) is 0 Å². The van der Waals surface area contributed by atoms with Crippen molar-refractivity contribution in [2.75, 3.05) is 6.54 Å². The predicted molar refractivity (Wildman–Crippen MR) is 68.2 cm³/mol. The molecule has 0 saturated carbocycles. The van der Waals surface area contributed by atoms with Crippen LogP contribution >= 0.6 is 34.7 Å². The molecular formula is C10H10ClN3S2. The maximum atomic E-state index is 6.18. The highest BCUT2D eigenvalue weighted by molar-refractivity contribution is 8.01. The summed E-state index contributed by atoms with van der Waals surface area (Å²) in [6.07, 6.45) is 0.821. The first kappa shape index (κ1) is 11.9. The quantitative estimate of drug-likeness (QED) is 0.929. The minimum absolute atomic E-state index is 0.615. The van der Waals surface area contributed by atoms with Crippen LogP contribution in [-0.4, -0.2) is 16.7 Å². The number of hydrogen-bond donors (Lipinski definition) is 1. The summed E-state index contributed by atoms with van der Waals surface area (Å²) in [7, 11) is 0. The molecule has 0 radical (unpaired) electrons. The lowest BCUT2D eigenvalue weighted by atomic mass is 10.1. The van der Waals surface area contributed by atoms with Crippen LogP contribution in [0.25, 0.3) is 0 Å². The molecular weight excluding hydrogens is 262 g/mol. The van der Waals surface area contributed by atoms with E-state index in [9.17, 15) is 0 Å². The van der Waals surface area contributed by atoms with Crippen LogP contribution < -0.4 is 5.73 Å². The first-order chi connectivity index (χ1) is 7.81. The van der Waals surface area contributed by atoms with Gasteiger partial charge in [0.15, 0.2) is 4.34 Å². The number of nitrogens with two attached hydrogens (primary N) is 1. The van der Waals surface area contributed by atoms with Crippen molar-refractivity contribution in [1.29, 1.82) is 0 Å².